The Kier molecular flexibility index (Phi) is 7.93. The lowest BCUT2D eigenvalue weighted by Gasteiger charge is -2.32. The van der Waals surface area contributed by atoms with Crippen molar-refractivity contribution >= 4 is 5.96 Å². The van der Waals surface area contributed by atoms with Gasteiger partial charge in [0.05, 0.1) is 25.4 Å². The van der Waals surface area contributed by atoms with Crippen LogP contribution in [0.25, 0.3) is 0 Å². The molecule has 2 N–H and O–H groups in total. The standard InChI is InChI=1S/C21H33N3O3/c1-2-22-21(24-11-7-19(25)8-12-24)23-15-17-3-5-18(6-4-17)16-27-20-9-13-26-14-10-20/h3-6,19-20,25H,2,7-16H2,1H3,(H,22,23). The fraction of sp³-hybridized carbons (Fsp3) is 0.667. The molecule has 6 heteroatoms. The Morgan fingerprint density at radius 1 is 1.15 bits per heavy atom. The monoisotopic (exact) mass is 375 g/mol. The van der Waals surface area contributed by atoms with E-state index in [0.717, 1.165) is 64.5 Å². The van der Waals surface area contributed by atoms with Gasteiger partial charge < -0.3 is 24.8 Å². The lowest BCUT2D eigenvalue weighted by molar-refractivity contribution is -0.0390. The average Bonchev–Trinajstić information content (AvgIpc) is 2.72. The summed E-state index contributed by atoms with van der Waals surface area (Å²) in [6.45, 7) is 7.58. The molecule has 150 valence electrons. The summed E-state index contributed by atoms with van der Waals surface area (Å²) < 4.78 is 11.3. The fourth-order valence-electron chi connectivity index (χ4n) is 3.47. The lowest BCUT2D eigenvalue weighted by atomic mass is 10.1. The van der Waals surface area contributed by atoms with Gasteiger partial charge in [-0.2, -0.15) is 0 Å². The minimum atomic E-state index is -0.167. The maximum Gasteiger partial charge on any atom is 0.194 e. The van der Waals surface area contributed by atoms with Crippen molar-refractivity contribution in [3.8, 4) is 0 Å². The van der Waals surface area contributed by atoms with Gasteiger partial charge in [0, 0.05) is 32.8 Å². The molecule has 1 aromatic carbocycles. The van der Waals surface area contributed by atoms with E-state index >= 15 is 0 Å². The van der Waals surface area contributed by atoms with Gasteiger partial charge in [-0.25, -0.2) is 4.99 Å². The first-order chi connectivity index (χ1) is 13.2. The number of likely N-dealkylation sites (tertiary alicyclic amines) is 1. The second-order valence-corrected chi connectivity index (χ2v) is 7.33. The number of nitrogens with zero attached hydrogens (tertiary/aromatic N) is 2. The predicted molar refractivity (Wildman–Crippen MR) is 107 cm³/mol. The van der Waals surface area contributed by atoms with Crippen LogP contribution in [-0.4, -0.2) is 61.0 Å². The van der Waals surface area contributed by atoms with E-state index in [1.165, 1.54) is 11.1 Å². The molecule has 0 amide bonds. The maximum absolute atomic E-state index is 9.70. The molecular weight excluding hydrogens is 342 g/mol. The number of ether oxygens (including phenoxy) is 2. The van der Waals surface area contributed by atoms with Crippen LogP contribution in [0.1, 0.15) is 43.7 Å². The van der Waals surface area contributed by atoms with Crippen LogP contribution < -0.4 is 5.32 Å². The Morgan fingerprint density at radius 3 is 2.48 bits per heavy atom. The third-order valence-corrected chi connectivity index (χ3v) is 5.19. The number of nitrogens with one attached hydrogen (secondary N) is 1. The van der Waals surface area contributed by atoms with Gasteiger partial charge in [0.2, 0.25) is 0 Å². The Hall–Kier alpha value is -1.63. The number of rotatable bonds is 6. The van der Waals surface area contributed by atoms with Crippen molar-refractivity contribution in [2.24, 2.45) is 4.99 Å². The molecule has 2 aliphatic rings. The first kappa shape index (κ1) is 20.1. The molecule has 0 aliphatic carbocycles. The van der Waals surface area contributed by atoms with Crippen LogP contribution in [-0.2, 0) is 22.6 Å². The van der Waals surface area contributed by atoms with Gasteiger partial charge in [0.15, 0.2) is 5.96 Å². The minimum Gasteiger partial charge on any atom is -0.393 e. The highest BCUT2D eigenvalue weighted by Crippen LogP contribution is 2.15. The third kappa shape index (κ3) is 6.48. The highest BCUT2D eigenvalue weighted by atomic mass is 16.5. The second kappa shape index (κ2) is 10.6. The molecule has 27 heavy (non-hydrogen) atoms. The number of guanidine groups is 1. The summed E-state index contributed by atoms with van der Waals surface area (Å²) in [5.41, 5.74) is 2.39. The molecule has 0 aromatic heterocycles. The molecule has 0 bridgehead atoms. The van der Waals surface area contributed by atoms with Crippen LogP contribution in [0, 0.1) is 0 Å². The van der Waals surface area contributed by atoms with Crippen LogP contribution in [0.3, 0.4) is 0 Å². The number of piperidine rings is 1. The highest BCUT2D eigenvalue weighted by Gasteiger charge is 2.19. The van der Waals surface area contributed by atoms with E-state index in [4.69, 9.17) is 14.5 Å². The Balaban J connectivity index is 1.50. The van der Waals surface area contributed by atoms with E-state index in [2.05, 4.69) is 41.4 Å². The van der Waals surface area contributed by atoms with Gasteiger partial charge in [-0.3, -0.25) is 0 Å². The average molecular weight is 376 g/mol. The fourth-order valence-corrected chi connectivity index (χ4v) is 3.47. The van der Waals surface area contributed by atoms with Crippen molar-refractivity contribution in [3.05, 3.63) is 35.4 Å². The zero-order valence-corrected chi connectivity index (χ0v) is 16.4. The quantitative estimate of drug-likeness (QED) is 0.590. The minimum absolute atomic E-state index is 0.167. The van der Waals surface area contributed by atoms with E-state index in [1.54, 1.807) is 0 Å². The van der Waals surface area contributed by atoms with Crippen LogP contribution in [0.4, 0.5) is 0 Å². The summed E-state index contributed by atoms with van der Waals surface area (Å²) in [7, 11) is 0. The highest BCUT2D eigenvalue weighted by molar-refractivity contribution is 5.80. The molecule has 2 aliphatic heterocycles. The van der Waals surface area contributed by atoms with Crippen LogP contribution in [0.2, 0.25) is 0 Å². The molecular formula is C21H33N3O3. The maximum atomic E-state index is 9.70. The first-order valence-electron chi connectivity index (χ1n) is 10.2. The van der Waals surface area contributed by atoms with Gasteiger partial charge in [0.25, 0.3) is 0 Å². The summed E-state index contributed by atoms with van der Waals surface area (Å²) in [5, 5.41) is 13.1. The van der Waals surface area contributed by atoms with Gasteiger partial charge in [-0.1, -0.05) is 24.3 Å². The SMILES string of the molecule is CCNC(=NCc1ccc(COC2CCOCC2)cc1)N1CCC(O)CC1. The molecule has 2 heterocycles. The van der Waals surface area contributed by atoms with Crippen molar-refractivity contribution in [2.75, 3.05) is 32.8 Å². The Morgan fingerprint density at radius 2 is 1.81 bits per heavy atom. The number of hydrogen-bond acceptors (Lipinski definition) is 4. The number of aliphatic hydroxyl groups excluding tert-OH is 1. The summed E-state index contributed by atoms with van der Waals surface area (Å²) >= 11 is 0. The molecule has 0 saturated carbocycles. The number of benzene rings is 1. The van der Waals surface area contributed by atoms with E-state index < -0.39 is 0 Å². The van der Waals surface area contributed by atoms with Crippen LogP contribution in [0.15, 0.2) is 29.3 Å². The van der Waals surface area contributed by atoms with Crippen molar-refractivity contribution < 1.29 is 14.6 Å². The molecule has 0 atom stereocenters. The van der Waals surface area contributed by atoms with Crippen molar-refractivity contribution in [1.82, 2.24) is 10.2 Å². The summed E-state index contributed by atoms with van der Waals surface area (Å²) in [6.07, 6.45) is 3.77. The van der Waals surface area contributed by atoms with E-state index in [1.807, 2.05) is 0 Å². The molecule has 3 rings (SSSR count). The topological polar surface area (TPSA) is 66.3 Å². The molecule has 2 fully saturated rings. The van der Waals surface area contributed by atoms with E-state index in [9.17, 15) is 5.11 Å². The molecule has 6 nitrogen and oxygen atoms in total. The lowest BCUT2D eigenvalue weighted by Crippen LogP contribution is -2.46. The molecule has 0 spiro atoms. The van der Waals surface area contributed by atoms with Crippen molar-refractivity contribution in [1.29, 1.82) is 0 Å². The second-order valence-electron chi connectivity index (χ2n) is 7.33. The van der Waals surface area contributed by atoms with Crippen LogP contribution in [0.5, 0.6) is 0 Å². The zero-order chi connectivity index (χ0) is 18.9. The number of aliphatic imine (C=N–C) groups is 1. The molecule has 2 saturated heterocycles. The first-order valence-corrected chi connectivity index (χ1v) is 10.2. The normalized spacial score (nSPS) is 20.1. The molecule has 0 unspecified atom stereocenters. The van der Waals surface area contributed by atoms with Gasteiger partial charge in [-0.15, -0.1) is 0 Å². The Bertz CT molecular complexity index is 577. The Labute approximate surface area is 162 Å². The van der Waals surface area contributed by atoms with Crippen molar-refractivity contribution in [3.63, 3.8) is 0 Å². The van der Waals surface area contributed by atoms with E-state index in [0.29, 0.717) is 19.3 Å². The largest absolute Gasteiger partial charge is 0.393 e. The molecule has 0 radical (unpaired) electrons. The van der Waals surface area contributed by atoms with Gasteiger partial charge in [0.1, 0.15) is 0 Å². The summed E-state index contributed by atoms with van der Waals surface area (Å²) in [4.78, 5) is 7.03. The van der Waals surface area contributed by atoms with Gasteiger partial charge >= 0.3 is 0 Å². The molecule has 1 aromatic rings. The zero-order valence-electron chi connectivity index (χ0n) is 16.4. The van der Waals surface area contributed by atoms with E-state index in [-0.39, 0.29) is 6.10 Å². The smallest absolute Gasteiger partial charge is 0.194 e. The van der Waals surface area contributed by atoms with Crippen molar-refractivity contribution in [2.45, 2.75) is 58.0 Å². The van der Waals surface area contributed by atoms with Gasteiger partial charge in [-0.05, 0) is 43.7 Å². The number of hydrogen-bond donors (Lipinski definition) is 2. The third-order valence-electron chi connectivity index (χ3n) is 5.19. The summed E-state index contributed by atoms with van der Waals surface area (Å²) in [6, 6.07) is 8.54. The van der Waals surface area contributed by atoms with Crippen LogP contribution >= 0.6 is 0 Å². The number of aliphatic hydroxyl groups is 1. The predicted octanol–water partition coefficient (Wildman–Crippen LogP) is 2.30. The summed E-state index contributed by atoms with van der Waals surface area (Å²) in [5.74, 6) is 0.941.